The Hall–Kier alpha value is -0.465. The number of hydrogen-bond donors (Lipinski definition) is 2. The molecule has 0 radical (unpaired) electrons. The van der Waals surface area contributed by atoms with Crippen LogP contribution in [-0.2, 0) is 9.13 Å². The molecule has 8 heteroatoms. The Balaban J connectivity index is 3.71. The maximum Gasteiger partial charge on any atom is 0.281 e. The Morgan fingerprint density at radius 3 is 2.56 bits per heavy atom. The molecule has 0 aliphatic carbocycles. The van der Waals surface area contributed by atoms with E-state index in [4.69, 9.17) is 5.41 Å². The van der Waals surface area contributed by atoms with Gasteiger partial charge in [-0.3, -0.25) is 10.5 Å². The highest BCUT2D eigenvalue weighted by molar-refractivity contribution is 7.25. The predicted octanol–water partition coefficient (Wildman–Crippen LogP) is -0.226. The van der Waals surface area contributed by atoms with Crippen LogP contribution in [0, 0.1) is 5.41 Å². The molecule has 9 heavy (non-hydrogen) atoms. The van der Waals surface area contributed by atoms with Crippen LogP contribution in [0.5, 0.6) is 0 Å². The van der Waals surface area contributed by atoms with Crippen molar-refractivity contribution in [3.8, 4) is 0 Å². The summed E-state index contributed by atoms with van der Waals surface area (Å²) in [5.74, 6) is -0.150. The van der Waals surface area contributed by atoms with E-state index in [-0.39, 0.29) is 23.2 Å². The van der Waals surface area contributed by atoms with E-state index in [2.05, 4.69) is 5.09 Å². The van der Waals surface area contributed by atoms with E-state index >= 15 is 0 Å². The van der Waals surface area contributed by atoms with Crippen molar-refractivity contribution in [1.82, 2.24) is 9.67 Å². The molecule has 48 valence electrons. The molecule has 0 saturated carbocycles. The van der Waals surface area contributed by atoms with Gasteiger partial charge in [-0.05, 0) is 0 Å². The lowest BCUT2D eigenvalue weighted by atomic mass is 10.4. The van der Waals surface area contributed by atoms with Crippen LogP contribution in [0.3, 0.4) is 0 Å². The quantitative estimate of drug-likeness (QED) is 0.255. The van der Waals surface area contributed by atoms with E-state index in [1.54, 1.807) is 0 Å². The van der Waals surface area contributed by atoms with Crippen molar-refractivity contribution in [1.29, 1.82) is 5.41 Å². The van der Waals surface area contributed by atoms with Gasteiger partial charge in [-0.1, -0.05) is 0 Å². The molecule has 0 heterocycles. The molecule has 5 nitrogen and oxygen atoms in total. The fraction of sp³-hybridized carbons (Fsp3) is 0. The Kier molecular flexibility index (Phi) is 4.19. The lowest BCUT2D eigenvalue weighted by molar-refractivity contribution is 0.586. The maximum atomic E-state index is 9.96. The minimum atomic E-state index is -0.366. The molecule has 2 N–H and O–H groups in total. The van der Waals surface area contributed by atoms with Crippen molar-refractivity contribution in [2.45, 2.75) is 0 Å². The fourth-order valence-corrected chi connectivity index (χ4v) is 0.603. The summed E-state index contributed by atoms with van der Waals surface area (Å²) in [7, 11) is 0.760. The van der Waals surface area contributed by atoms with Gasteiger partial charge in [-0.25, -0.2) is 9.13 Å². The molecule has 0 aromatic carbocycles. The summed E-state index contributed by atoms with van der Waals surface area (Å²) in [6, 6.07) is 0. The van der Waals surface area contributed by atoms with Crippen LogP contribution < -0.4 is 5.09 Å². The summed E-state index contributed by atoms with van der Waals surface area (Å²) in [6.45, 7) is 0. The second-order valence-electron chi connectivity index (χ2n) is 1.16. The predicted molar refractivity (Wildman–Crippen MR) is 36.5 cm³/mol. The number of rotatable bonds is 2. The first-order valence-electron chi connectivity index (χ1n) is 1.96. The van der Waals surface area contributed by atoms with Gasteiger partial charge in [0, 0.05) is 0 Å². The highest BCUT2D eigenvalue weighted by atomic mass is 31.1. The van der Waals surface area contributed by atoms with E-state index < -0.39 is 0 Å². The Morgan fingerprint density at radius 2 is 2.22 bits per heavy atom. The fourth-order valence-electron chi connectivity index (χ4n) is 0.156. The van der Waals surface area contributed by atoms with Crippen molar-refractivity contribution in [3.63, 3.8) is 0 Å². The summed E-state index contributed by atoms with van der Waals surface area (Å²) in [5.41, 5.74) is 0. The molecule has 0 amide bonds. The van der Waals surface area contributed by atoms with Crippen molar-refractivity contribution in [2.75, 3.05) is 0 Å². The molecule has 0 atom stereocenters. The molecule has 0 unspecified atom stereocenters. The summed E-state index contributed by atoms with van der Waals surface area (Å²) >= 11 is 0. The van der Waals surface area contributed by atoms with Crippen LogP contribution in [0.4, 0.5) is 0 Å². The molecule has 0 bridgehead atoms. The monoisotopic (exact) mass is 163 g/mol. The van der Waals surface area contributed by atoms with Crippen molar-refractivity contribution in [3.05, 3.63) is 0 Å². The lowest BCUT2D eigenvalue weighted by Crippen LogP contribution is -2.26. The third-order valence-electron chi connectivity index (χ3n) is 0.598. The van der Waals surface area contributed by atoms with Gasteiger partial charge in [-0.15, -0.1) is 0 Å². The largest absolute Gasteiger partial charge is 0.316 e. The molecule has 0 aliphatic heterocycles. The first kappa shape index (κ1) is 8.53. The van der Waals surface area contributed by atoms with Gasteiger partial charge in [0.15, 0.2) is 5.96 Å². The smallest absolute Gasteiger partial charge is 0.281 e. The third kappa shape index (κ3) is 3.17. The van der Waals surface area contributed by atoms with E-state index in [0.717, 1.165) is 4.58 Å². The normalized spacial score (nSPS) is 9.33. The minimum absolute atomic E-state index is 0.150. The molecular formula is CH4BN3O2P2. The van der Waals surface area contributed by atoms with Gasteiger partial charge >= 0.3 is 0 Å². The van der Waals surface area contributed by atoms with Gasteiger partial charge in [0.05, 0.1) is 0 Å². The van der Waals surface area contributed by atoms with Crippen LogP contribution in [0.1, 0.15) is 0 Å². The Labute approximate surface area is 56.3 Å². The molecule has 0 saturated heterocycles. The zero-order valence-electron chi connectivity index (χ0n) is 4.66. The first-order valence-corrected chi connectivity index (χ1v) is 3.54. The summed E-state index contributed by atoms with van der Waals surface area (Å²) in [4.78, 5) is 0. The summed E-state index contributed by atoms with van der Waals surface area (Å²) in [6.07, 6.45) is 0. The van der Waals surface area contributed by atoms with Crippen LogP contribution >= 0.6 is 17.2 Å². The lowest BCUT2D eigenvalue weighted by Gasteiger charge is -2.06. The standard InChI is InChI=1S/CH4BN3O2P2/c2-5(9-7)1(3)4-8-6/h2H2,(H2,3,4,6). The van der Waals surface area contributed by atoms with Gasteiger partial charge < -0.3 is 4.58 Å². The second kappa shape index (κ2) is 4.42. The van der Waals surface area contributed by atoms with Crippen molar-refractivity contribution < 1.29 is 9.13 Å². The van der Waals surface area contributed by atoms with Crippen LogP contribution in [0.25, 0.3) is 0 Å². The van der Waals surface area contributed by atoms with E-state index in [1.165, 1.54) is 7.98 Å². The molecule has 0 aromatic heterocycles. The Morgan fingerprint density at radius 1 is 1.67 bits per heavy atom. The van der Waals surface area contributed by atoms with Gasteiger partial charge in [0.25, 0.3) is 17.2 Å². The van der Waals surface area contributed by atoms with Gasteiger partial charge in [0.2, 0.25) is 7.98 Å². The highest BCUT2D eigenvalue weighted by Crippen LogP contribution is 1.98. The topological polar surface area (TPSA) is 73.3 Å². The average molecular weight is 163 g/mol. The SMILES string of the molecule is BN(P=O)C(=N)NP=O. The zero-order valence-corrected chi connectivity index (χ0v) is 6.45. The van der Waals surface area contributed by atoms with E-state index in [1.807, 2.05) is 0 Å². The number of guanidine groups is 1. The van der Waals surface area contributed by atoms with Crippen LogP contribution in [-0.4, -0.2) is 18.5 Å². The highest BCUT2D eigenvalue weighted by Gasteiger charge is 1.99. The summed E-state index contributed by atoms with van der Waals surface area (Å²) in [5, 5.41) is 9.01. The zero-order chi connectivity index (χ0) is 7.28. The molecule has 0 spiro atoms. The maximum absolute atomic E-state index is 9.96. The third-order valence-corrected chi connectivity index (χ3v) is 1.35. The molecule has 0 aliphatic rings. The number of nitrogens with one attached hydrogen (secondary N) is 2. The van der Waals surface area contributed by atoms with Crippen LogP contribution in [0.15, 0.2) is 0 Å². The van der Waals surface area contributed by atoms with Crippen LogP contribution in [0.2, 0.25) is 0 Å². The molecule has 0 aromatic rings. The summed E-state index contributed by atoms with van der Waals surface area (Å²) < 4.78 is 20.8. The molecule has 0 rings (SSSR count). The number of hydrogen-bond acceptors (Lipinski definition) is 3. The first-order chi connectivity index (χ1) is 4.22. The Bertz CT molecular complexity index is 140. The van der Waals surface area contributed by atoms with E-state index in [0.29, 0.717) is 0 Å². The second-order valence-corrected chi connectivity index (χ2v) is 2.33. The van der Waals surface area contributed by atoms with Gasteiger partial charge in [-0.2, -0.15) is 0 Å². The van der Waals surface area contributed by atoms with E-state index in [9.17, 15) is 9.13 Å². The molecular weight excluding hydrogens is 159 g/mol. The molecule has 0 fully saturated rings. The van der Waals surface area contributed by atoms with Gasteiger partial charge in [0.1, 0.15) is 0 Å². The minimum Gasteiger partial charge on any atom is -0.316 e. The van der Waals surface area contributed by atoms with Crippen molar-refractivity contribution in [2.24, 2.45) is 0 Å². The number of nitrogens with zero attached hydrogens (tertiary/aromatic N) is 1. The average Bonchev–Trinajstić information content (AvgIpc) is 1.87. The van der Waals surface area contributed by atoms with Crippen molar-refractivity contribution >= 4 is 31.2 Å².